The molecule has 1 aliphatic carbocycles. The van der Waals surface area contributed by atoms with Crippen molar-refractivity contribution in [1.82, 2.24) is 4.98 Å². The van der Waals surface area contributed by atoms with Crippen LogP contribution in [0, 0.1) is 13.8 Å². The van der Waals surface area contributed by atoms with Gasteiger partial charge in [-0.15, -0.1) is 0 Å². The summed E-state index contributed by atoms with van der Waals surface area (Å²) < 4.78 is 0. The number of hydrogen-bond acceptors (Lipinski definition) is 2. The zero-order valence-corrected chi connectivity index (χ0v) is 9.42. The third-order valence-electron chi connectivity index (χ3n) is 3.34. The smallest absolute Gasteiger partial charge is 0.132 e. The van der Waals surface area contributed by atoms with Crippen molar-refractivity contribution in [1.29, 1.82) is 0 Å². The Morgan fingerprint density at radius 2 is 1.67 bits per heavy atom. The van der Waals surface area contributed by atoms with Gasteiger partial charge in [-0.05, 0) is 49.3 Å². The Balaban J connectivity index is 2.26. The number of hydrogen-bond donors (Lipinski definition) is 0. The Hall–Kier alpha value is -1.18. The summed E-state index contributed by atoms with van der Waals surface area (Å²) in [4.78, 5) is 15.4. The summed E-state index contributed by atoms with van der Waals surface area (Å²) in [5.74, 6) is 1.00. The number of ketones is 1. The van der Waals surface area contributed by atoms with Gasteiger partial charge in [-0.3, -0.25) is 9.78 Å². The van der Waals surface area contributed by atoms with E-state index >= 15 is 0 Å². The molecule has 1 aromatic rings. The summed E-state index contributed by atoms with van der Waals surface area (Å²) in [7, 11) is 0. The van der Waals surface area contributed by atoms with Crippen LogP contribution in [-0.2, 0) is 4.79 Å². The molecule has 2 heteroatoms. The van der Waals surface area contributed by atoms with Gasteiger partial charge in [0.05, 0.1) is 0 Å². The summed E-state index contributed by atoms with van der Waals surface area (Å²) in [5, 5.41) is 0. The first-order valence-electron chi connectivity index (χ1n) is 5.61. The van der Waals surface area contributed by atoms with Crippen molar-refractivity contribution in [3.8, 4) is 0 Å². The number of carbonyl (C=O) groups is 1. The highest BCUT2D eigenvalue weighted by molar-refractivity contribution is 5.79. The molecule has 0 spiro atoms. The van der Waals surface area contributed by atoms with Gasteiger partial charge in [-0.25, -0.2) is 0 Å². The molecule has 0 radical (unpaired) electrons. The van der Waals surface area contributed by atoms with E-state index in [0.717, 1.165) is 25.7 Å². The van der Waals surface area contributed by atoms with E-state index in [1.807, 2.05) is 12.4 Å². The van der Waals surface area contributed by atoms with Crippen LogP contribution in [0.2, 0.25) is 0 Å². The van der Waals surface area contributed by atoms with Crippen LogP contribution in [0.1, 0.15) is 48.3 Å². The second-order valence-electron chi connectivity index (χ2n) is 4.50. The van der Waals surface area contributed by atoms with Gasteiger partial charge in [0.25, 0.3) is 0 Å². The molecule has 0 atom stereocenters. The predicted octanol–water partition coefficient (Wildman–Crippen LogP) is 2.93. The zero-order chi connectivity index (χ0) is 10.8. The fraction of sp³-hybridized carbons (Fsp3) is 0.538. The molecule has 0 unspecified atom stereocenters. The highest BCUT2D eigenvalue weighted by Crippen LogP contribution is 2.34. The van der Waals surface area contributed by atoms with Crippen molar-refractivity contribution in [2.75, 3.05) is 0 Å². The lowest BCUT2D eigenvalue weighted by molar-refractivity contribution is -0.120. The number of Topliss-reactive ketones (excluding diaryl/α,β-unsaturated/α-hetero) is 1. The molecule has 2 nitrogen and oxygen atoms in total. The number of aromatic nitrogens is 1. The van der Waals surface area contributed by atoms with E-state index in [-0.39, 0.29) is 0 Å². The maximum Gasteiger partial charge on any atom is 0.132 e. The molecule has 0 saturated heterocycles. The van der Waals surface area contributed by atoms with Crippen molar-refractivity contribution in [2.24, 2.45) is 0 Å². The minimum absolute atomic E-state index is 0.426. The van der Waals surface area contributed by atoms with E-state index in [9.17, 15) is 4.79 Å². The molecular formula is C13H17NO. The van der Waals surface area contributed by atoms with E-state index in [2.05, 4.69) is 18.8 Å². The number of nitrogens with zero attached hydrogens (tertiary/aromatic N) is 1. The summed E-state index contributed by atoms with van der Waals surface area (Å²) in [6.45, 7) is 4.23. The molecule has 1 aromatic heterocycles. The number of rotatable bonds is 1. The molecular weight excluding hydrogens is 186 g/mol. The minimum Gasteiger partial charge on any atom is -0.300 e. The summed E-state index contributed by atoms with van der Waals surface area (Å²) in [6, 6.07) is 0. The van der Waals surface area contributed by atoms with E-state index in [1.165, 1.54) is 16.7 Å². The maximum atomic E-state index is 11.2. The highest BCUT2D eigenvalue weighted by Gasteiger charge is 2.22. The Bertz CT molecular complexity index is 354. The molecule has 0 aromatic carbocycles. The summed E-state index contributed by atoms with van der Waals surface area (Å²) in [6.07, 6.45) is 7.41. The highest BCUT2D eigenvalue weighted by atomic mass is 16.1. The van der Waals surface area contributed by atoms with Crippen LogP contribution in [0.15, 0.2) is 12.4 Å². The van der Waals surface area contributed by atoms with Crippen molar-refractivity contribution >= 4 is 5.78 Å². The lowest BCUT2D eigenvalue weighted by Gasteiger charge is -2.24. The van der Waals surface area contributed by atoms with E-state index < -0.39 is 0 Å². The second kappa shape index (κ2) is 4.13. The molecule has 1 fully saturated rings. The van der Waals surface area contributed by atoms with Crippen LogP contribution in [0.5, 0.6) is 0 Å². The van der Waals surface area contributed by atoms with Crippen LogP contribution >= 0.6 is 0 Å². The third kappa shape index (κ3) is 2.09. The fourth-order valence-corrected chi connectivity index (χ4v) is 2.58. The monoisotopic (exact) mass is 203 g/mol. The van der Waals surface area contributed by atoms with Crippen LogP contribution < -0.4 is 0 Å². The first kappa shape index (κ1) is 10.3. The Kier molecular flexibility index (Phi) is 2.85. The first-order valence-corrected chi connectivity index (χ1v) is 5.61. The van der Waals surface area contributed by atoms with E-state index in [1.54, 1.807) is 0 Å². The number of aryl methyl sites for hydroxylation is 2. The standard InChI is InChI=1S/C13H17NO/c1-9-7-14-8-10(2)13(9)11-3-5-12(15)6-4-11/h7-8,11H,3-6H2,1-2H3. The number of carbonyl (C=O) groups excluding carboxylic acids is 1. The minimum atomic E-state index is 0.426. The molecule has 1 saturated carbocycles. The average molecular weight is 203 g/mol. The molecule has 80 valence electrons. The quantitative estimate of drug-likeness (QED) is 0.702. The molecule has 15 heavy (non-hydrogen) atoms. The average Bonchev–Trinajstić information content (AvgIpc) is 2.20. The molecule has 0 bridgehead atoms. The van der Waals surface area contributed by atoms with Crippen LogP contribution in [0.25, 0.3) is 0 Å². The van der Waals surface area contributed by atoms with Crippen molar-refractivity contribution in [3.05, 3.63) is 29.1 Å². The Morgan fingerprint density at radius 3 is 2.20 bits per heavy atom. The van der Waals surface area contributed by atoms with Crippen molar-refractivity contribution in [3.63, 3.8) is 0 Å². The van der Waals surface area contributed by atoms with Crippen LogP contribution in [-0.4, -0.2) is 10.8 Å². The Labute approximate surface area is 90.7 Å². The predicted molar refractivity (Wildman–Crippen MR) is 59.9 cm³/mol. The van der Waals surface area contributed by atoms with Crippen molar-refractivity contribution < 1.29 is 4.79 Å². The molecule has 0 amide bonds. The lowest BCUT2D eigenvalue weighted by Crippen LogP contribution is -2.14. The fourth-order valence-electron chi connectivity index (χ4n) is 2.58. The van der Waals surface area contributed by atoms with Gasteiger partial charge in [-0.1, -0.05) is 0 Å². The third-order valence-corrected chi connectivity index (χ3v) is 3.34. The van der Waals surface area contributed by atoms with Gasteiger partial charge in [0.2, 0.25) is 0 Å². The first-order chi connectivity index (χ1) is 7.18. The second-order valence-corrected chi connectivity index (χ2v) is 4.50. The summed E-state index contributed by atoms with van der Waals surface area (Å²) >= 11 is 0. The van der Waals surface area contributed by atoms with Gasteiger partial charge in [-0.2, -0.15) is 0 Å². The van der Waals surface area contributed by atoms with Crippen LogP contribution in [0.3, 0.4) is 0 Å². The topological polar surface area (TPSA) is 30.0 Å². The molecule has 1 heterocycles. The van der Waals surface area contributed by atoms with Gasteiger partial charge in [0.15, 0.2) is 0 Å². The molecule has 1 aliphatic rings. The zero-order valence-electron chi connectivity index (χ0n) is 9.42. The SMILES string of the molecule is Cc1cncc(C)c1C1CCC(=O)CC1. The van der Waals surface area contributed by atoms with Gasteiger partial charge < -0.3 is 0 Å². The van der Waals surface area contributed by atoms with E-state index in [0.29, 0.717) is 11.7 Å². The van der Waals surface area contributed by atoms with Gasteiger partial charge in [0, 0.05) is 25.2 Å². The van der Waals surface area contributed by atoms with E-state index in [4.69, 9.17) is 0 Å². The van der Waals surface area contributed by atoms with Gasteiger partial charge in [0.1, 0.15) is 5.78 Å². The summed E-state index contributed by atoms with van der Waals surface area (Å²) in [5.41, 5.74) is 3.97. The number of pyridine rings is 1. The molecule has 0 aliphatic heterocycles. The van der Waals surface area contributed by atoms with Crippen LogP contribution in [0.4, 0.5) is 0 Å². The maximum absolute atomic E-state index is 11.2. The lowest BCUT2D eigenvalue weighted by atomic mass is 9.81. The Morgan fingerprint density at radius 1 is 1.13 bits per heavy atom. The molecule has 0 N–H and O–H groups in total. The largest absolute Gasteiger partial charge is 0.300 e. The van der Waals surface area contributed by atoms with Gasteiger partial charge >= 0.3 is 0 Å². The molecule has 2 rings (SSSR count). The normalized spacial score (nSPS) is 18.1. The van der Waals surface area contributed by atoms with Crippen molar-refractivity contribution in [2.45, 2.75) is 45.4 Å².